The van der Waals surface area contributed by atoms with Crippen LogP contribution in [-0.2, 0) is 0 Å². The van der Waals surface area contributed by atoms with Crippen molar-refractivity contribution in [1.29, 1.82) is 0 Å². The van der Waals surface area contributed by atoms with Crippen molar-refractivity contribution in [3.05, 3.63) is 77.9 Å². The summed E-state index contributed by atoms with van der Waals surface area (Å²) >= 11 is 0. The molecule has 0 saturated carbocycles. The van der Waals surface area contributed by atoms with E-state index in [0.717, 1.165) is 72.6 Å². The SMILES string of the molecule is CCC1CCCNC1.CCCCC(=O)c1cc(-c2ccc(O)cc2)ccc1N=C(C)c1ccccc1OC(C)(CCC)CCC. The molecule has 2 N–H and O–H groups in total. The molecule has 0 spiro atoms. The summed E-state index contributed by atoms with van der Waals surface area (Å²) in [5, 5.41) is 13.1. The van der Waals surface area contributed by atoms with Gasteiger partial charge in [0.05, 0.1) is 5.69 Å². The van der Waals surface area contributed by atoms with Crippen LogP contribution in [0.3, 0.4) is 0 Å². The Hall–Kier alpha value is -3.44. The van der Waals surface area contributed by atoms with Gasteiger partial charge in [-0.15, -0.1) is 0 Å². The van der Waals surface area contributed by atoms with Crippen LogP contribution in [0.5, 0.6) is 11.5 Å². The van der Waals surface area contributed by atoms with Gasteiger partial charge in [-0.2, -0.15) is 0 Å². The lowest BCUT2D eigenvalue weighted by molar-refractivity contribution is 0.0678. The number of hydrogen-bond donors (Lipinski definition) is 2. The quantitative estimate of drug-likeness (QED) is 0.140. The number of ether oxygens (including phenoxy) is 1. The number of para-hydroxylation sites is 1. The van der Waals surface area contributed by atoms with E-state index in [1.165, 1.54) is 32.4 Å². The van der Waals surface area contributed by atoms with Gasteiger partial charge in [-0.25, -0.2) is 0 Å². The maximum Gasteiger partial charge on any atom is 0.165 e. The van der Waals surface area contributed by atoms with Gasteiger partial charge in [0.2, 0.25) is 0 Å². The standard InChI is InChI=1S/C33H41NO3.C7H15N/c1-6-9-13-31(36)29-23-26(25-15-18-27(35)19-16-25)17-20-30(29)34-24(4)28-12-10-11-14-32(28)37-33(5,21-7-2)22-8-3;1-2-7-4-3-5-8-6-7/h10-12,14-20,23,35H,6-9,13,21-22H2,1-5H3;7-8H,2-6H2,1H3. The van der Waals surface area contributed by atoms with E-state index in [0.29, 0.717) is 17.7 Å². The Morgan fingerprint density at radius 2 is 1.62 bits per heavy atom. The number of piperidine rings is 1. The Morgan fingerprint density at radius 3 is 2.22 bits per heavy atom. The first-order chi connectivity index (χ1) is 21.7. The molecule has 1 unspecified atom stereocenters. The van der Waals surface area contributed by atoms with Crippen LogP contribution < -0.4 is 10.1 Å². The van der Waals surface area contributed by atoms with Gasteiger partial charge in [0, 0.05) is 23.3 Å². The van der Waals surface area contributed by atoms with E-state index in [-0.39, 0.29) is 17.1 Å². The summed E-state index contributed by atoms with van der Waals surface area (Å²) in [6.45, 7) is 15.4. The number of rotatable bonds is 14. The van der Waals surface area contributed by atoms with Gasteiger partial charge in [0.1, 0.15) is 17.1 Å². The molecule has 5 nitrogen and oxygen atoms in total. The summed E-state index contributed by atoms with van der Waals surface area (Å²) in [4.78, 5) is 18.2. The van der Waals surface area contributed by atoms with Crippen LogP contribution in [0.1, 0.15) is 122 Å². The summed E-state index contributed by atoms with van der Waals surface area (Å²) in [5.41, 5.74) is 4.68. The van der Waals surface area contributed by atoms with Crippen LogP contribution in [0.2, 0.25) is 0 Å². The minimum atomic E-state index is -0.229. The molecule has 1 aliphatic heterocycles. The number of carbonyl (C=O) groups is 1. The van der Waals surface area contributed by atoms with E-state index in [1.54, 1.807) is 12.1 Å². The first-order valence-electron chi connectivity index (χ1n) is 17.2. The number of benzene rings is 3. The number of phenolic OH excluding ortho intramolecular Hbond substituents is 1. The van der Waals surface area contributed by atoms with Crippen molar-refractivity contribution < 1.29 is 14.6 Å². The molecule has 3 aromatic rings. The largest absolute Gasteiger partial charge is 0.508 e. The zero-order valence-corrected chi connectivity index (χ0v) is 28.6. The smallest absolute Gasteiger partial charge is 0.165 e. The summed E-state index contributed by atoms with van der Waals surface area (Å²) in [6, 6.07) is 20.9. The van der Waals surface area contributed by atoms with Gasteiger partial charge in [0.15, 0.2) is 5.78 Å². The van der Waals surface area contributed by atoms with E-state index in [4.69, 9.17) is 9.73 Å². The molecule has 0 aliphatic carbocycles. The molecule has 1 heterocycles. The number of nitrogens with one attached hydrogen (secondary N) is 1. The zero-order chi connectivity index (χ0) is 32.7. The molecule has 0 aromatic heterocycles. The number of aromatic hydroxyl groups is 1. The first-order valence-corrected chi connectivity index (χ1v) is 17.2. The molecular weight excluding hydrogens is 556 g/mol. The second-order valence-corrected chi connectivity index (χ2v) is 12.7. The third kappa shape index (κ3) is 11.1. The van der Waals surface area contributed by atoms with Crippen LogP contribution in [0.25, 0.3) is 11.1 Å². The monoisotopic (exact) mass is 612 g/mol. The number of hydrogen-bond acceptors (Lipinski definition) is 5. The van der Waals surface area contributed by atoms with Crippen molar-refractivity contribution in [2.75, 3.05) is 13.1 Å². The van der Waals surface area contributed by atoms with Crippen molar-refractivity contribution in [1.82, 2.24) is 5.32 Å². The molecule has 5 heteroatoms. The minimum Gasteiger partial charge on any atom is -0.508 e. The summed E-state index contributed by atoms with van der Waals surface area (Å²) in [5.74, 6) is 2.11. The van der Waals surface area contributed by atoms with E-state index in [1.807, 2.05) is 61.5 Å². The predicted molar refractivity (Wildman–Crippen MR) is 190 cm³/mol. The van der Waals surface area contributed by atoms with Crippen molar-refractivity contribution >= 4 is 17.2 Å². The lowest BCUT2D eigenvalue weighted by atomic mass is 9.94. The third-order valence-electron chi connectivity index (χ3n) is 8.71. The lowest BCUT2D eigenvalue weighted by Crippen LogP contribution is -2.32. The molecular formula is C40H56N2O3. The highest BCUT2D eigenvalue weighted by molar-refractivity contribution is 6.06. The highest BCUT2D eigenvalue weighted by Gasteiger charge is 2.26. The Kier molecular flexibility index (Phi) is 14.8. The van der Waals surface area contributed by atoms with Gasteiger partial charge in [-0.1, -0.05) is 83.7 Å². The average molecular weight is 613 g/mol. The number of Topliss-reactive ketones (excluding diaryl/α,β-unsaturated/α-hetero) is 1. The Morgan fingerprint density at radius 1 is 0.933 bits per heavy atom. The molecule has 1 aliphatic rings. The van der Waals surface area contributed by atoms with Crippen LogP contribution in [0, 0.1) is 5.92 Å². The highest BCUT2D eigenvalue weighted by Crippen LogP contribution is 2.33. The maximum absolute atomic E-state index is 13.2. The molecule has 0 bridgehead atoms. The maximum atomic E-state index is 13.2. The van der Waals surface area contributed by atoms with Gasteiger partial charge in [-0.05, 0) is 112 Å². The number of unbranched alkanes of at least 4 members (excludes halogenated alkanes) is 1. The summed E-state index contributed by atoms with van der Waals surface area (Å²) in [6.07, 6.45) is 10.6. The topological polar surface area (TPSA) is 70.9 Å². The van der Waals surface area contributed by atoms with Gasteiger partial charge in [-0.3, -0.25) is 9.79 Å². The summed E-state index contributed by atoms with van der Waals surface area (Å²) in [7, 11) is 0. The van der Waals surface area contributed by atoms with Crippen LogP contribution in [-0.4, -0.2) is 35.3 Å². The van der Waals surface area contributed by atoms with Gasteiger partial charge >= 0.3 is 0 Å². The number of aliphatic imine (C=N–C) groups is 1. The normalized spacial score (nSPS) is 15.2. The summed E-state index contributed by atoms with van der Waals surface area (Å²) < 4.78 is 6.62. The Bertz CT molecular complexity index is 1350. The van der Waals surface area contributed by atoms with E-state index < -0.39 is 0 Å². The van der Waals surface area contributed by atoms with E-state index in [9.17, 15) is 9.90 Å². The van der Waals surface area contributed by atoms with Gasteiger partial charge in [0.25, 0.3) is 0 Å². The minimum absolute atomic E-state index is 0.0945. The molecule has 244 valence electrons. The molecule has 0 radical (unpaired) electrons. The molecule has 0 amide bonds. The van der Waals surface area contributed by atoms with E-state index in [2.05, 4.69) is 39.9 Å². The van der Waals surface area contributed by atoms with Crippen molar-refractivity contribution in [2.24, 2.45) is 10.9 Å². The second-order valence-electron chi connectivity index (χ2n) is 12.7. The zero-order valence-electron chi connectivity index (χ0n) is 28.6. The second kappa shape index (κ2) is 18.5. The Labute approximate surface area is 272 Å². The molecule has 1 atom stereocenters. The molecule has 3 aromatic carbocycles. The fourth-order valence-corrected chi connectivity index (χ4v) is 6.08. The van der Waals surface area contributed by atoms with Crippen molar-refractivity contribution in [3.8, 4) is 22.6 Å². The third-order valence-corrected chi connectivity index (χ3v) is 8.71. The Balaban J connectivity index is 0.000000598. The first kappa shape index (κ1) is 36.0. The fourth-order valence-electron chi connectivity index (χ4n) is 6.08. The van der Waals surface area contributed by atoms with E-state index >= 15 is 0 Å². The van der Waals surface area contributed by atoms with Crippen LogP contribution in [0.4, 0.5) is 5.69 Å². The van der Waals surface area contributed by atoms with Crippen LogP contribution >= 0.6 is 0 Å². The number of nitrogens with zero attached hydrogens (tertiary/aromatic N) is 1. The lowest BCUT2D eigenvalue weighted by Gasteiger charge is -2.31. The molecule has 1 fully saturated rings. The van der Waals surface area contributed by atoms with Crippen LogP contribution in [0.15, 0.2) is 71.7 Å². The predicted octanol–water partition coefficient (Wildman–Crippen LogP) is 10.7. The number of phenols is 1. The fraction of sp³-hybridized carbons (Fsp3) is 0.500. The van der Waals surface area contributed by atoms with Gasteiger partial charge < -0.3 is 15.2 Å². The molecule has 45 heavy (non-hydrogen) atoms. The highest BCUT2D eigenvalue weighted by atomic mass is 16.5. The van der Waals surface area contributed by atoms with Crippen molar-refractivity contribution in [2.45, 2.75) is 111 Å². The molecule has 4 rings (SSSR count). The number of carbonyl (C=O) groups excluding carboxylic acids is 1. The average Bonchev–Trinajstić information content (AvgIpc) is 3.05. The van der Waals surface area contributed by atoms with Crippen molar-refractivity contribution in [3.63, 3.8) is 0 Å². The molecule has 1 saturated heterocycles. The number of ketones is 1.